The number of carboxylic acid groups (broad SMARTS) is 1. The highest BCUT2D eigenvalue weighted by Gasteiger charge is 2.55. The molecule has 2 saturated heterocycles. The van der Waals surface area contributed by atoms with Crippen molar-refractivity contribution in [2.24, 2.45) is 11.3 Å². The van der Waals surface area contributed by atoms with Crippen molar-refractivity contribution in [3.05, 3.63) is 0 Å². The number of carbonyl (C=O) groups excluding carboxylic acids is 2. The number of rotatable bonds is 3. The maximum atomic E-state index is 13.2. The van der Waals surface area contributed by atoms with Gasteiger partial charge in [0.15, 0.2) is 0 Å². The fraction of sp³-hybridized carbons (Fsp3) is 0.842. The van der Waals surface area contributed by atoms with Gasteiger partial charge in [0.2, 0.25) is 5.91 Å². The highest BCUT2D eigenvalue weighted by Crippen LogP contribution is 2.43. The van der Waals surface area contributed by atoms with E-state index in [1.807, 2.05) is 20.8 Å². The van der Waals surface area contributed by atoms with Gasteiger partial charge in [0.25, 0.3) is 0 Å². The molecule has 0 radical (unpaired) electrons. The average Bonchev–Trinajstić information content (AvgIpc) is 3.24. The minimum atomic E-state index is -0.899. The molecule has 0 aromatic carbocycles. The molecular formula is C19H30N2O5. The number of nitrogens with zero attached hydrogens (tertiary/aromatic N) is 2. The maximum absolute atomic E-state index is 13.2. The molecule has 0 aromatic rings. The van der Waals surface area contributed by atoms with E-state index < -0.39 is 29.1 Å². The van der Waals surface area contributed by atoms with Crippen LogP contribution < -0.4 is 0 Å². The topological polar surface area (TPSA) is 87.2 Å². The average molecular weight is 366 g/mol. The SMILES string of the molecule is CC(C)(C)OC(=O)N1CC[C@]2(CCN([C@H](C(=O)O)C3CCCC3)C2=O)C1. The van der Waals surface area contributed by atoms with E-state index in [0.29, 0.717) is 32.5 Å². The van der Waals surface area contributed by atoms with Crippen LogP contribution in [0.1, 0.15) is 59.3 Å². The monoisotopic (exact) mass is 366 g/mol. The summed E-state index contributed by atoms with van der Waals surface area (Å²) in [5.74, 6) is -0.942. The Bertz CT molecular complexity index is 593. The van der Waals surface area contributed by atoms with Gasteiger partial charge in [0.1, 0.15) is 11.6 Å². The van der Waals surface area contributed by atoms with Gasteiger partial charge in [-0.1, -0.05) is 12.8 Å². The first kappa shape index (κ1) is 19.0. The largest absolute Gasteiger partial charge is 0.480 e. The number of ether oxygens (including phenoxy) is 1. The first-order valence-electron chi connectivity index (χ1n) is 9.65. The third-order valence-electron chi connectivity index (χ3n) is 5.99. The first-order chi connectivity index (χ1) is 12.1. The van der Waals surface area contributed by atoms with Crippen molar-refractivity contribution in [1.82, 2.24) is 9.80 Å². The van der Waals surface area contributed by atoms with E-state index in [-0.39, 0.29) is 11.8 Å². The lowest BCUT2D eigenvalue weighted by molar-refractivity contribution is -0.153. The maximum Gasteiger partial charge on any atom is 0.410 e. The summed E-state index contributed by atoms with van der Waals surface area (Å²) in [5, 5.41) is 9.73. The molecule has 1 N–H and O–H groups in total. The van der Waals surface area contributed by atoms with Gasteiger partial charge in [0.05, 0.1) is 5.41 Å². The minimum Gasteiger partial charge on any atom is -0.480 e. The van der Waals surface area contributed by atoms with Crippen LogP contribution in [0.4, 0.5) is 4.79 Å². The van der Waals surface area contributed by atoms with Crippen LogP contribution in [0.25, 0.3) is 0 Å². The van der Waals surface area contributed by atoms with E-state index in [1.165, 1.54) is 0 Å². The second kappa shape index (κ2) is 6.74. The molecule has 3 fully saturated rings. The Morgan fingerprint density at radius 2 is 1.81 bits per heavy atom. The summed E-state index contributed by atoms with van der Waals surface area (Å²) < 4.78 is 5.42. The van der Waals surface area contributed by atoms with E-state index in [2.05, 4.69) is 0 Å². The standard InChI is InChI=1S/C19H30N2O5/c1-18(2,3)26-17(25)20-10-8-19(12-20)9-11-21(16(19)24)14(15(22)23)13-6-4-5-7-13/h13-14H,4-12H2,1-3H3,(H,22,23)/t14-,19-/m0/s1. The fourth-order valence-corrected chi connectivity index (χ4v) is 4.71. The van der Waals surface area contributed by atoms with Crippen molar-refractivity contribution in [2.75, 3.05) is 19.6 Å². The second-order valence-corrected chi connectivity index (χ2v) is 9.01. The molecule has 1 saturated carbocycles. The summed E-state index contributed by atoms with van der Waals surface area (Å²) in [6.07, 6.45) is 4.61. The lowest BCUT2D eigenvalue weighted by atomic mass is 9.85. The molecule has 26 heavy (non-hydrogen) atoms. The molecule has 2 heterocycles. The Morgan fingerprint density at radius 3 is 2.38 bits per heavy atom. The van der Waals surface area contributed by atoms with Gasteiger partial charge in [-0.15, -0.1) is 0 Å². The van der Waals surface area contributed by atoms with Crippen LogP contribution in [0.15, 0.2) is 0 Å². The summed E-state index contributed by atoms with van der Waals surface area (Å²) in [6.45, 7) is 6.73. The van der Waals surface area contributed by atoms with Gasteiger partial charge in [-0.3, -0.25) is 4.79 Å². The predicted molar refractivity (Wildman–Crippen MR) is 94.6 cm³/mol. The molecule has 3 aliphatic rings. The van der Waals surface area contributed by atoms with Crippen LogP contribution in [0.2, 0.25) is 0 Å². The van der Waals surface area contributed by atoms with Crippen LogP contribution in [-0.2, 0) is 14.3 Å². The molecule has 0 bridgehead atoms. The highest BCUT2D eigenvalue weighted by molar-refractivity contribution is 5.90. The predicted octanol–water partition coefficient (Wildman–Crippen LogP) is 2.49. The molecule has 146 valence electrons. The Labute approximate surface area is 154 Å². The third kappa shape index (κ3) is 3.53. The van der Waals surface area contributed by atoms with Crippen molar-refractivity contribution in [1.29, 1.82) is 0 Å². The van der Waals surface area contributed by atoms with E-state index in [1.54, 1.807) is 9.80 Å². The second-order valence-electron chi connectivity index (χ2n) is 9.01. The highest BCUT2D eigenvalue weighted by atomic mass is 16.6. The van der Waals surface area contributed by atoms with E-state index in [4.69, 9.17) is 4.74 Å². The quantitative estimate of drug-likeness (QED) is 0.829. The summed E-state index contributed by atoms with van der Waals surface area (Å²) >= 11 is 0. The summed E-state index contributed by atoms with van der Waals surface area (Å²) in [6, 6.07) is -0.722. The summed E-state index contributed by atoms with van der Waals surface area (Å²) in [4.78, 5) is 40.5. The van der Waals surface area contributed by atoms with Crippen molar-refractivity contribution in [3.8, 4) is 0 Å². The number of hydrogen-bond acceptors (Lipinski definition) is 4. The van der Waals surface area contributed by atoms with Crippen molar-refractivity contribution in [2.45, 2.75) is 70.9 Å². The van der Waals surface area contributed by atoms with Gasteiger partial charge in [-0.05, 0) is 52.4 Å². The molecule has 0 unspecified atom stereocenters. The molecule has 0 aromatic heterocycles. The lowest BCUT2D eigenvalue weighted by Gasteiger charge is -2.31. The summed E-state index contributed by atoms with van der Waals surface area (Å²) in [5.41, 5.74) is -1.21. The Balaban J connectivity index is 1.70. The number of carbonyl (C=O) groups is 3. The zero-order valence-corrected chi connectivity index (χ0v) is 16.0. The molecule has 7 nitrogen and oxygen atoms in total. The third-order valence-corrected chi connectivity index (χ3v) is 5.99. The zero-order valence-electron chi connectivity index (χ0n) is 16.0. The Hall–Kier alpha value is -1.79. The smallest absolute Gasteiger partial charge is 0.410 e. The molecule has 1 aliphatic carbocycles. The number of likely N-dealkylation sites (tertiary alicyclic amines) is 2. The Kier molecular flexibility index (Phi) is 4.92. The van der Waals surface area contributed by atoms with Crippen LogP contribution in [0, 0.1) is 11.3 Å². The lowest BCUT2D eigenvalue weighted by Crippen LogP contribution is -2.49. The molecule has 7 heteroatoms. The van der Waals surface area contributed by atoms with Crippen LogP contribution in [0.3, 0.4) is 0 Å². The van der Waals surface area contributed by atoms with Crippen molar-refractivity contribution < 1.29 is 24.2 Å². The zero-order chi connectivity index (χ0) is 19.1. The van der Waals surface area contributed by atoms with Gasteiger partial charge in [0, 0.05) is 19.6 Å². The molecule has 2 aliphatic heterocycles. The normalized spacial score (nSPS) is 28.2. The van der Waals surface area contributed by atoms with Gasteiger partial charge < -0.3 is 19.6 Å². The van der Waals surface area contributed by atoms with Crippen LogP contribution in [-0.4, -0.2) is 64.2 Å². The molecule has 1 spiro atoms. The minimum absolute atomic E-state index is 0.0509. The van der Waals surface area contributed by atoms with Crippen molar-refractivity contribution >= 4 is 18.0 Å². The molecule has 3 rings (SSSR count). The number of hydrogen-bond donors (Lipinski definition) is 1. The fourth-order valence-electron chi connectivity index (χ4n) is 4.71. The van der Waals surface area contributed by atoms with Crippen LogP contribution in [0.5, 0.6) is 0 Å². The Morgan fingerprint density at radius 1 is 1.19 bits per heavy atom. The van der Waals surface area contributed by atoms with Gasteiger partial charge in [-0.25, -0.2) is 9.59 Å². The molecular weight excluding hydrogens is 336 g/mol. The molecule has 2 atom stereocenters. The van der Waals surface area contributed by atoms with Crippen molar-refractivity contribution in [3.63, 3.8) is 0 Å². The van der Waals surface area contributed by atoms with E-state index in [9.17, 15) is 19.5 Å². The van der Waals surface area contributed by atoms with Crippen LogP contribution >= 0.6 is 0 Å². The summed E-state index contributed by atoms with van der Waals surface area (Å²) in [7, 11) is 0. The molecule has 2 amide bonds. The van der Waals surface area contributed by atoms with E-state index >= 15 is 0 Å². The number of carboxylic acids is 1. The van der Waals surface area contributed by atoms with Gasteiger partial charge >= 0.3 is 12.1 Å². The number of aliphatic carboxylic acids is 1. The van der Waals surface area contributed by atoms with E-state index in [0.717, 1.165) is 25.7 Å². The first-order valence-corrected chi connectivity index (χ1v) is 9.65. The number of amides is 2. The van der Waals surface area contributed by atoms with Gasteiger partial charge in [-0.2, -0.15) is 0 Å².